The number of nitrogens with zero attached hydrogens (tertiary/aromatic N) is 1. The summed E-state index contributed by atoms with van der Waals surface area (Å²) in [5, 5.41) is 2.67. The van der Waals surface area contributed by atoms with Gasteiger partial charge in [0, 0.05) is 17.0 Å². The van der Waals surface area contributed by atoms with E-state index in [0.29, 0.717) is 17.0 Å². The Morgan fingerprint density at radius 2 is 1.72 bits per heavy atom. The van der Waals surface area contributed by atoms with Gasteiger partial charge < -0.3 is 14.8 Å². The van der Waals surface area contributed by atoms with Crippen LogP contribution in [0.1, 0.15) is 16.7 Å². The number of nitrogens with one attached hydrogen (secondary N) is 1. The highest BCUT2D eigenvalue weighted by molar-refractivity contribution is 7.93. The van der Waals surface area contributed by atoms with Gasteiger partial charge in [-0.1, -0.05) is 60.1 Å². The number of alkyl halides is 3. The SMILES string of the molecule is COC(=O)Cc1ccc(OCCNC(=O)[C@@H]2Cc3ccccc3N2S(=O)(=O)c2ccc(-c3cccc(C(F)(F)F)c3)c(Cl)c2)cc1. The number of ether oxygens (including phenoxy) is 2. The zero-order valence-electron chi connectivity index (χ0n) is 24.4. The standard InChI is InChI=1S/C33H28ClF3N2O6S/c1-44-31(40)17-21-9-11-25(12-10-21)45-16-15-38-32(41)30-19-23-5-2-3-8-29(23)39(30)46(42,43)26-13-14-27(28(34)20-26)22-6-4-7-24(18-22)33(35,36)37/h2-14,18,20,30H,15-17,19H2,1H3,(H,38,41)/t30-/m0/s1. The molecule has 4 aromatic rings. The van der Waals surface area contributed by atoms with E-state index in [1.165, 1.54) is 37.4 Å². The number of anilines is 1. The molecule has 1 aliphatic heterocycles. The van der Waals surface area contributed by atoms with E-state index < -0.39 is 33.7 Å². The molecule has 1 N–H and O–H groups in total. The summed E-state index contributed by atoms with van der Waals surface area (Å²) in [4.78, 5) is 24.6. The third kappa shape index (κ3) is 7.13. The number of rotatable bonds is 10. The molecule has 240 valence electrons. The van der Waals surface area contributed by atoms with Crippen molar-refractivity contribution in [2.75, 3.05) is 24.6 Å². The second-order valence-electron chi connectivity index (χ2n) is 10.4. The van der Waals surface area contributed by atoms with Crippen LogP contribution in [-0.2, 0) is 43.4 Å². The molecule has 1 amide bonds. The summed E-state index contributed by atoms with van der Waals surface area (Å²) in [5.74, 6) is -0.383. The van der Waals surface area contributed by atoms with Crippen LogP contribution in [0.5, 0.6) is 5.75 Å². The summed E-state index contributed by atoms with van der Waals surface area (Å²) < 4.78 is 79.2. The van der Waals surface area contributed by atoms with Gasteiger partial charge >= 0.3 is 12.1 Å². The number of esters is 1. The van der Waals surface area contributed by atoms with Crippen LogP contribution in [0.15, 0.2) is 95.9 Å². The monoisotopic (exact) mass is 672 g/mol. The van der Waals surface area contributed by atoms with Gasteiger partial charge in [-0.05, 0) is 59.2 Å². The van der Waals surface area contributed by atoms with Crippen molar-refractivity contribution in [3.05, 3.63) is 113 Å². The van der Waals surface area contributed by atoms with E-state index >= 15 is 0 Å². The Balaban J connectivity index is 1.31. The third-order valence-corrected chi connectivity index (χ3v) is 9.53. The molecule has 1 atom stereocenters. The number of halogens is 4. The second kappa shape index (κ2) is 13.4. The molecule has 0 spiro atoms. The summed E-state index contributed by atoms with van der Waals surface area (Å²) in [5.41, 5.74) is 1.28. The van der Waals surface area contributed by atoms with Crippen LogP contribution in [0, 0.1) is 0 Å². The lowest BCUT2D eigenvalue weighted by Crippen LogP contribution is -2.48. The first-order chi connectivity index (χ1) is 21.9. The average Bonchev–Trinajstić information content (AvgIpc) is 3.44. The lowest BCUT2D eigenvalue weighted by Gasteiger charge is -2.26. The normalized spacial score (nSPS) is 14.5. The molecular formula is C33H28ClF3N2O6S. The van der Waals surface area contributed by atoms with Gasteiger partial charge in [-0.3, -0.25) is 13.9 Å². The fraction of sp³-hybridized carbons (Fsp3) is 0.212. The van der Waals surface area contributed by atoms with Crippen LogP contribution in [-0.4, -0.2) is 46.6 Å². The van der Waals surface area contributed by atoms with E-state index in [4.69, 9.17) is 16.3 Å². The molecule has 0 fully saturated rings. The minimum Gasteiger partial charge on any atom is -0.492 e. The molecule has 46 heavy (non-hydrogen) atoms. The molecule has 0 unspecified atom stereocenters. The maximum Gasteiger partial charge on any atom is 0.416 e. The number of benzene rings is 4. The molecule has 1 aliphatic rings. The molecule has 0 saturated heterocycles. The summed E-state index contributed by atoms with van der Waals surface area (Å²) in [6, 6.07) is 20.8. The second-order valence-corrected chi connectivity index (χ2v) is 12.6. The van der Waals surface area contributed by atoms with Crippen LogP contribution < -0.4 is 14.4 Å². The summed E-state index contributed by atoms with van der Waals surface area (Å²) in [6.45, 7) is 0.183. The van der Waals surface area contributed by atoms with Gasteiger partial charge in [0.2, 0.25) is 5.91 Å². The van der Waals surface area contributed by atoms with Gasteiger partial charge in [-0.25, -0.2) is 8.42 Å². The maximum absolute atomic E-state index is 14.0. The Labute approximate surface area is 268 Å². The quantitative estimate of drug-likeness (QED) is 0.163. The molecule has 0 bridgehead atoms. The van der Waals surface area contributed by atoms with Gasteiger partial charge in [0.15, 0.2) is 0 Å². The van der Waals surface area contributed by atoms with Crippen LogP contribution in [0.2, 0.25) is 5.02 Å². The van der Waals surface area contributed by atoms with E-state index in [0.717, 1.165) is 22.0 Å². The van der Waals surface area contributed by atoms with E-state index in [1.54, 1.807) is 48.5 Å². The number of hydrogen-bond acceptors (Lipinski definition) is 6. The molecule has 5 rings (SSSR count). The first-order valence-corrected chi connectivity index (χ1v) is 15.9. The molecular weight excluding hydrogens is 645 g/mol. The van der Waals surface area contributed by atoms with E-state index in [1.807, 2.05) is 0 Å². The van der Waals surface area contributed by atoms with Crippen molar-refractivity contribution in [1.82, 2.24) is 5.32 Å². The first kappa shape index (κ1) is 32.8. The number of carbonyl (C=O) groups excluding carboxylic acids is 2. The van der Waals surface area contributed by atoms with Crippen LogP contribution in [0.25, 0.3) is 11.1 Å². The van der Waals surface area contributed by atoms with Crippen molar-refractivity contribution in [2.24, 2.45) is 0 Å². The van der Waals surface area contributed by atoms with Crippen LogP contribution >= 0.6 is 11.6 Å². The number of fused-ring (bicyclic) bond motifs is 1. The van der Waals surface area contributed by atoms with E-state index in [9.17, 15) is 31.2 Å². The minimum atomic E-state index is -4.56. The molecule has 13 heteroatoms. The van der Waals surface area contributed by atoms with Crippen LogP contribution in [0.4, 0.5) is 18.9 Å². The fourth-order valence-corrected chi connectivity index (χ4v) is 7.15. The van der Waals surface area contributed by atoms with Gasteiger partial charge in [-0.2, -0.15) is 13.2 Å². The van der Waals surface area contributed by atoms with E-state index in [2.05, 4.69) is 10.1 Å². The highest BCUT2D eigenvalue weighted by Crippen LogP contribution is 2.39. The molecule has 1 heterocycles. The summed E-state index contributed by atoms with van der Waals surface area (Å²) >= 11 is 6.44. The fourth-order valence-electron chi connectivity index (χ4n) is 5.12. The molecule has 0 saturated carbocycles. The predicted octanol–water partition coefficient (Wildman–Crippen LogP) is 6.06. The van der Waals surface area contributed by atoms with E-state index in [-0.39, 0.29) is 53.0 Å². The molecule has 0 aliphatic carbocycles. The molecule has 4 aromatic carbocycles. The molecule has 8 nitrogen and oxygen atoms in total. The van der Waals surface area contributed by atoms with Gasteiger partial charge in [-0.15, -0.1) is 0 Å². The average molecular weight is 673 g/mol. The summed E-state index contributed by atoms with van der Waals surface area (Å²) in [6.07, 6.45) is -4.31. The van der Waals surface area contributed by atoms with Crippen molar-refractivity contribution in [1.29, 1.82) is 0 Å². The Morgan fingerprint density at radius 3 is 2.41 bits per heavy atom. The number of amides is 1. The number of carbonyl (C=O) groups is 2. The van der Waals surface area contributed by atoms with Crippen molar-refractivity contribution in [2.45, 2.75) is 30.0 Å². The van der Waals surface area contributed by atoms with Crippen molar-refractivity contribution in [3.8, 4) is 16.9 Å². The highest BCUT2D eigenvalue weighted by Gasteiger charge is 2.42. The van der Waals surface area contributed by atoms with Crippen molar-refractivity contribution >= 4 is 39.2 Å². The third-order valence-electron chi connectivity index (χ3n) is 7.40. The Bertz CT molecular complexity index is 1870. The largest absolute Gasteiger partial charge is 0.492 e. The molecule has 0 aromatic heterocycles. The van der Waals surface area contributed by atoms with Crippen molar-refractivity contribution < 1.29 is 40.7 Å². The number of methoxy groups -OCH3 is 1. The highest BCUT2D eigenvalue weighted by atomic mass is 35.5. The zero-order valence-corrected chi connectivity index (χ0v) is 26.0. The van der Waals surface area contributed by atoms with Gasteiger partial charge in [0.25, 0.3) is 10.0 Å². The Morgan fingerprint density at radius 1 is 0.978 bits per heavy atom. The van der Waals surface area contributed by atoms with Crippen LogP contribution in [0.3, 0.4) is 0 Å². The van der Waals surface area contributed by atoms with Gasteiger partial charge in [0.1, 0.15) is 18.4 Å². The lowest BCUT2D eigenvalue weighted by atomic mass is 10.0. The maximum atomic E-state index is 14.0. The minimum absolute atomic E-state index is 0.0654. The smallest absolute Gasteiger partial charge is 0.416 e. The zero-order chi connectivity index (χ0) is 33.1. The summed E-state index contributed by atoms with van der Waals surface area (Å²) in [7, 11) is -3.03. The lowest BCUT2D eigenvalue weighted by molar-refractivity contribution is -0.140. The predicted molar refractivity (Wildman–Crippen MR) is 166 cm³/mol. The van der Waals surface area contributed by atoms with Crippen molar-refractivity contribution in [3.63, 3.8) is 0 Å². The Kier molecular flexibility index (Phi) is 9.59. The Hall–Kier alpha value is -4.55. The number of para-hydroxylation sites is 1. The first-order valence-electron chi connectivity index (χ1n) is 14.0. The number of sulfonamides is 1. The topological polar surface area (TPSA) is 102 Å². The van der Waals surface area contributed by atoms with Gasteiger partial charge in [0.05, 0.1) is 36.2 Å². The molecule has 0 radical (unpaired) electrons. The number of hydrogen-bond donors (Lipinski definition) is 1.